The number of hydrogen-bond donors (Lipinski definition) is 0. The van der Waals surface area contributed by atoms with E-state index in [1.165, 1.54) is 0 Å². The number of carbonyl (C=O) groups is 1. The van der Waals surface area contributed by atoms with Gasteiger partial charge in [0.1, 0.15) is 12.7 Å². The second-order valence-corrected chi connectivity index (χ2v) is 7.41. The molecule has 1 amide bonds. The Morgan fingerprint density at radius 3 is 2.29 bits per heavy atom. The highest BCUT2D eigenvalue weighted by atomic mass is 35.5. The SMILES string of the molecule is CC(C)(C)C(=O)N1CCN(c2c(Cl)cccc2-n2cnnc2)CC1. The molecule has 0 N–H and O–H groups in total. The number of piperazine rings is 1. The first-order valence-electron chi connectivity index (χ1n) is 8.06. The predicted molar refractivity (Wildman–Crippen MR) is 94.6 cm³/mol. The zero-order chi connectivity index (χ0) is 17.3. The van der Waals surface area contributed by atoms with Crippen LogP contribution in [0, 0.1) is 5.41 Å². The molecule has 0 bridgehead atoms. The second-order valence-electron chi connectivity index (χ2n) is 7.01. The van der Waals surface area contributed by atoms with Gasteiger partial charge in [0.2, 0.25) is 5.91 Å². The first-order valence-corrected chi connectivity index (χ1v) is 8.43. The Morgan fingerprint density at radius 2 is 1.71 bits per heavy atom. The number of anilines is 1. The van der Waals surface area contributed by atoms with Crippen LogP contribution in [-0.4, -0.2) is 51.8 Å². The molecule has 0 spiro atoms. The Labute approximate surface area is 147 Å². The molecule has 2 aromatic rings. The van der Waals surface area contributed by atoms with E-state index in [-0.39, 0.29) is 11.3 Å². The summed E-state index contributed by atoms with van der Waals surface area (Å²) in [6.45, 7) is 8.77. The Hall–Kier alpha value is -2.08. The molecule has 1 fully saturated rings. The number of carbonyl (C=O) groups excluding carboxylic acids is 1. The van der Waals surface area contributed by atoms with Gasteiger partial charge in [-0.05, 0) is 12.1 Å². The number of benzene rings is 1. The van der Waals surface area contributed by atoms with Crippen molar-refractivity contribution in [2.45, 2.75) is 20.8 Å². The summed E-state index contributed by atoms with van der Waals surface area (Å²) < 4.78 is 1.86. The summed E-state index contributed by atoms with van der Waals surface area (Å²) in [5.41, 5.74) is 1.56. The lowest BCUT2D eigenvalue weighted by Gasteiger charge is -2.39. The predicted octanol–water partition coefficient (Wildman–Crippen LogP) is 2.62. The quantitative estimate of drug-likeness (QED) is 0.838. The van der Waals surface area contributed by atoms with Gasteiger partial charge >= 0.3 is 0 Å². The van der Waals surface area contributed by atoms with E-state index in [1.54, 1.807) is 12.7 Å². The van der Waals surface area contributed by atoms with Crippen molar-refractivity contribution < 1.29 is 4.79 Å². The number of nitrogens with zero attached hydrogens (tertiary/aromatic N) is 5. The van der Waals surface area contributed by atoms with Crippen molar-refractivity contribution in [3.63, 3.8) is 0 Å². The summed E-state index contributed by atoms with van der Waals surface area (Å²) >= 11 is 6.47. The maximum atomic E-state index is 12.4. The number of hydrogen-bond acceptors (Lipinski definition) is 4. The minimum Gasteiger partial charge on any atom is -0.365 e. The second kappa shape index (κ2) is 6.43. The zero-order valence-corrected chi connectivity index (χ0v) is 15.0. The molecule has 1 aromatic heterocycles. The van der Waals surface area contributed by atoms with Crippen LogP contribution < -0.4 is 4.90 Å². The van der Waals surface area contributed by atoms with Crippen LogP contribution in [0.2, 0.25) is 5.02 Å². The van der Waals surface area contributed by atoms with Gasteiger partial charge in [-0.25, -0.2) is 0 Å². The zero-order valence-electron chi connectivity index (χ0n) is 14.2. The smallest absolute Gasteiger partial charge is 0.228 e. The summed E-state index contributed by atoms with van der Waals surface area (Å²) in [4.78, 5) is 16.6. The van der Waals surface area contributed by atoms with Crippen LogP contribution in [0.4, 0.5) is 5.69 Å². The molecule has 0 unspecified atom stereocenters. The maximum Gasteiger partial charge on any atom is 0.228 e. The van der Waals surface area contributed by atoms with Crippen LogP contribution >= 0.6 is 11.6 Å². The van der Waals surface area contributed by atoms with E-state index in [2.05, 4.69) is 15.1 Å². The molecule has 7 heteroatoms. The largest absolute Gasteiger partial charge is 0.365 e. The van der Waals surface area contributed by atoms with Gasteiger partial charge < -0.3 is 9.80 Å². The minimum atomic E-state index is -0.347. The molecule has 6 nitrogen and oxygen atoms in total. The highest BCUT2D eigenvalue weighted by Gasteiger charge is 2.30. The molecule has 2 heterocycles. The van der Waals surface area contributed by atoms with Gasteiger partial charge in [-0.15, -0.1) is 10.2 Å². The molecule has 0 atom stereocenters. The molecule has 1 aliphatic rings. The van der Waals surface area contributed by atoms with Crippen LogP contribution in [0.25, 0.3) is 5.69 Å². The standard InChI is InChI=1S/C17H22ClN5O/c1-17(2,3)16(24)22-9-7-21(8-10-22)15-13(18)5-4-6-14(15)23-11-19-20-12-23/h4-6,11-12H,7-10H2,1-3H3. The van der Waals surface area contributed by atoms with E-state index in [9.17, 15) is 4.79 Å². The maximum absolute atomic E-state index is 12.4. The Kier molecular flexibility index (Phi) is 4.49. The Balaban J connectivity index is 1.82. The number of halogens is 1. The van der Waals surface area contributed by atoms with Crippen LogP contribution in [0.1, 0.15) is 20.8 Å². The van der Waals surface area contributed by atoms with Gasteiger partial charge in [0.25, 0.3) is 0 Å². The highest BCUT2D eigenvalue weighted by molar-refractivity contribution is 6.33. The molecule has 0 aliphatic carbocycles. The van der Waals surface area contributed by atoms with E-state index in [0.717, 1.165) is 24.5 Å². The summed E-state index contributed by atoms with van der Waals surface area (Å²) in [5, 5.41) is 8.44. The molecular formula is C17H22ClN5O. The first kappa shape index (κ1) is 16.8. The van der Waals surface area contributed by atoms with Crippen LogP contribution in [-0.2, 0) is 4.79 Å². The summed E-state index contributed by atoms with van der Waals surface area (Å²) in [6, 6.07) is 5.80. The van der Waals surface area contributed by atoms with Crippen molar-refractivity contribution in [1.82, 2.24) is 19.7 Å². The van der Waals surface area contributed by atoms with E-state index in [4.69, 9.17) is 11.6 Å². The highest BCUT2D eigenvalue weighted by Crippen LogP contribution is 2.33. The van der Waals surface area contributed by atoms with Gasteiger partial charge in [-0.3, -0.25) is 9.36 Å². The van der Waals surface area contributed by atoms with Crippen molar-refractivity contribution in [1.29, 1.82) is 0 Å². The summed E-state index contributed by atoms with van der Waals surface area (Å²) in [6.07, 6.45) is 3.32. The van der Waals surface area contributed by atoms with Crippen molar-refractivity contribution in [2.75, 3.05) is 31.1 Å². The number of para-hydroxylation sites is 1. The van der Waals surface area contributed by atoms with Gasteiger partial charge in [-0.1, -0.05) is 38.4 Å². The molecular weight excluding hydrogens is 326 g/mol. The van der Waals surface area contributed by atoms with E-state index < -0.39 is 0 Å². The van der Waals surface area contributed by atoms with E-state index in [0.29, 0.717) is 18.1 Å². The van der Waals surface area contributed by atoms with Gasteiger partial charge in [0.15, 0.2) is 0 Å². The molecule has 1 aromatic carbocycles. The fraction of sp³-hybridized carbons (Fsp3) is 0.471. The molecule has 24 heavy (non-hydrogen) atoms. The van der Waals surface area contributed by atoms with Crippen LogP contribution in [0.3, 0.4) is 0 Å². The molecule has 3 rings (SSSR count). The summed E-state index contributed by atoms with van der Waals surface area (Å²) in [5.74, 6) is 0.195. The van der Waals surface area contributed by atoms with Crippen molar-refractivity contribution in [3.05, 3.63) is 35.9 Å². The van der Waals surface area contributed by atoms with Crippen molar-refractivity contribution >= 4 is 23.2 Å². The fourth-order valence-corrected chi connectivity index (χ4v) is 3.25. The van der Waals surface area contributed by atoms with E-state index >= 15 is 0 Å². The first-order chi connectivity index (χ1) is 11.4. The van der Waals surface area contributed by atoms with Gasteiger partial charge in [0, 0.05) is 31.6 Å². The average molecular weight is 348 g/mol. The molecule has 0 radical (unpaired) electrons. The van der Waals surface area contributed by atoms with Crippen molar-refractivity contribution in [2.24, 2.45) is 5.41 Å². The van der Waals surface area contributed by atoms with Gasteiger partial charge in [-0.2, -0.15) is 0 Å². The van der Waals surface area contributed by atoms with Gasteiger partial charge in [0.05, 0.1) is 16.4 Å². The number of amides is 1. The summed E-state index contributed by atoms with van der Waals surface area (Å²) in [7, 11) is 0. The third-order valence-electron chi connectivity index (χ3n) is 4.19. The fourth-order valence-electron chi connectivity index (χ4n) is 2.96. The van der Waals surface area contributed by atoms with E-state index in [1.807, 2.05) is 48.4 Å². The topological polar surface area (TPSA) is 54.3 Å². The molecule has 1 aliphatic heterocycles. The third kappa shape index (κ3) is 3.24. The molecule has 1 saturated heterocycles. The molecule has 128 valence electrons. The third-order valence-corrected chi connectivity index (χ3v) is 4.49. The number of aromatic nitrogens is 3. The monoisotopic (exact) mass is 347 g/mol. The lowest BCUT2D eigenvalue weighted by Crippen LogP contribution is -2.51. The minimum absolute atomic E-state index is 0.195. The van der Waals surface area contributed by atoms with Crippen molar-refractivity contribution in [3.8, 4) is 5.69 Å². The van der Waals surface area contributed by atoms with Crippen LogP contribution in [0.15, 0.2) is 30.9 Å². The Bertz CT molecular complexity index is 715. The average Bonchev–Trinajstić information content (AvgIpc) is 3.07. The Morgan fingerprint density at radius 1 is 1.08 bits per heavy atom. The normalized spacial score (nSPS) is 15.7. The van der Waals surface area contributed by atoms with Crippen LogP contribution in [0.5, 0.6) is 0 Å². The lowest BCUT2D eigenvalue weighted by molar-refractivity contribution is -0.139. The lowest BCUT2D eigenvalue weighted by atomic mass is 9.94. The number of rotatable bonds is 2. The molecule has 0 saturated carbocycles.